The number of methoxy groups -OCH3 is 2. The van der Waals surface area contributed by atoms with Gasteiger partial charge in [0.15, 0.2) is 0 Å². The molecule has 0 bridgehead atoms. The Morgan fingerprint density at radius 3 is 2.61 bits per heavy atom. The molecule has 0 radical (unpaired) electrons. The zero-order valence-corrected chi connectivity index (χ0v) is 15.3. The fraction of sp³-hybridized carbons (Fsp3) is 0.100. The van der Waals surface area contributed by atoms with E-state index in [0.29, 0.717) is 22.8 Å². The van der Waals surface area contributed by atoms with Gasteiger partial charge in [0.2, 0.25) is 0 Å². The van der Waals surface area contributed by atoms with E-state index < -0.39 is 11.6 Å². The lowest BCUT2D eigenvalue weighted by Crippen LogP contribution is -2.24. The first kappa shape index (κ1) is 18.8. The Morgan fingerprint density at radius 1 is 1.11 bits per heavy atom. The van der Waals surface area contributed by atoms with Crippen LogP contribution < -0.4 is 20.6 Å². The Labute approximate surface area is 160 Å². The Hall–Kier alpha value is -3.94. The second-order valence-electron chi connectivity index (χ2n) is 5.66. The number of hydrogen-bond acceptors (Lipinski definition) is 6. The highest BCUT2D eigenvalue weighted by atomic mass is 16.5. The number of carbonyl (C=O) groups is 1. The summed E-state index contributed by atoms with van der Waals surface area (Å²) in [5, 5.41) is 3.93. The summed E-state index contributed by atoms with van der Waals surface area (Å²) in [5.41, 5.74) is 3.55. The van der Waals surface area contributed by atoms with E-state index in [1.807, 2.05) is 18.2 Å². The molecule has 1 amide bonds. The minimum Gasteiger partial charge on any atom is -0.497 e. The van der Waals surface area contributed by atoms with E-state index in [9.17, 15) is 9.59 Å². The standard InChI is InChI=1S/C20H18N4O4/c1-27-15-8-9-18(28-2)14(10-15)12-21-24-19(25)17-11-16(22-20(26)23-17)13-6-4-3-5-7-13/h3-12H,1-2H3,(H,24,25)(H,22,23,26)/b21-12+. The average molecular weight is 378 g/mol. The van der Waals surface area contributed by atoms with Crippen molar-refractivity contribution in [1.82, 2.24) is 15.4 Å². The number of carbonyl (C=O) groups excluding carboxylic acids is 1. The highest BCUT2D eigenvalue weighted by molar-refractivity contribution is 5.94. The van der Waals surface area contributed by atoms with E-state index >= 15 is 0 Å². The molecule has 28 heavy (non-hydrogen) atoms. The number of nitrogens with zero attached hydrogens (tertiary/aromatic N) is 2. The van der Waals surface area contributed by atoms with Gasteiger partial charge in [0.1, 0.15) is 17.2 Å². The molecule has 0 saturated carbocycles. The van der Waals surface area contributed by atoms with Crippen LogP contribution in [-0.2, 0) is 0 Å². The molecule has 1 aromatic heterocycles. The molecular formula is C20H18N4O4. The summed E-state index contributed by atoms with van der Waals surface area (Å²) in [6.07, 6.45) is 1.43. The number of benzene rings is 2. The van der Waals surface area contributed by atoms with Crippen molar-refractivity contribution in [2.45, 2.75) is 0 Å². The first-order valence-corrected chi connectivity index (χ1v) is 8.33. The molecule has 0 atom stereocenters. The van der Waals surface area contributed by atoms with Crippen molar-refractivity contribution in [2.24, 2.45) is 5.10 Å². The number of aromatic nitrogens is 2. The van der Waals surface area contributed by atoms with Crippen molar-refractivity contribution in [2.75, 3.05) is 14.2 Å². The number of nitrogens with one attached hydrogen (secondary N) is 2. The lowest BCUT2D eigenvalue weighted by molar-refractivity contribution is 0.0949. The molecule has 0 aliphatic heterocycles. The fourth-order valence-electron chi connectivity index (χ4n) is 2.50. The van der Waals surface area contributed by atoms with Crippen LogP contribution in [0.15, 0.2) is 64.5 Å². The first-order valence-electron chi connectivity index (χ1n) is 8.33. The SMILES string of the molecule is COc1ccc(OC)c(/C=N/NC(=O)c2cc(-c3ccccc3)nc(=O)[nH]2)c1. The summed E-state index contributed by atoms with van der Waals surface area (Å²) in [7, 11) is 3.08. The molecule has 0 saturated heterocycles. The van der Waals surface area contributed by atoms with Gasteiger partial charge in [-0.25, -0.2) is 10.2 Å². The molecule has 0 aliphatic carbocycles. The van der Waals surface area contributed by atoms with Gasteiger partial charge in [-0.3, -0.25) is 4.79 Å². The molecule has 2 aromatic carbocycles. The number of ether oxygens (including phenoxy) is 2. The molecule has 2 N–H and O–H groups in total. The van der Waals surface area contributed by atoms with Crippen molar-refractivity contribution in [1.29, 1.82) is 0 Å². The molecule has 142 valence electrons. The van der Waals surface area contributed by atoms with Crippen molar-refractivity contribution < 1.29 is 14.3 Å². The van der Waals surface area contributed by atoms with Crippen molar-refractivity contribution in [3.8, 4) is 22.8 Å². The third-order valence-electron chi connectivity index (χ3n) is 3.87. The highest BCUT2D eigenvalue weighted by Crippen LogP contribution is 2.22. The van der Waals surface area contributed by atoms with Crippen molar-refractivity contribution in [3.05, 3.63) is 76.3 Å². The summed E-state index contributed by atoms with van der Waals surface area (Å²) in [4.78, 5) is 30.5. The largest absolute Gasteiger partial charge is 0.497 e. The molecular weight excluding hydrogens is 360 g/mol. The minimum atomic E-state index is -0.620. The van der Waals surface area contributed by atoms with Crippen LogP contribution in [0.1, 0.15) is 16.1 Å². The molecule has 8 heteroatoms. The van der Waals surface area contributed by atoms with E-state index in [4.69, 9.17) is 9.47 Å². The van der Waals surface area contributed by atoms with Crippen LogP contribution in [0.3, 0.4) is 0 Å². The van der Waals surface area contributed by atoms with Gasteiger partial charge in [-0.1, -0.05) is 30.3 Å². The number of amides is 1. The summed E-state index contributed by atoms with van der Waals surface area (Å²) >= 11 is 0. The lowest BCUT2D eigenvalue weighted by Gasteiger charge is -2.07. The summed E-state index contributed by atoms with van der Waals surface area (Å²) in [6.45, 7) is 0. The molecule has 3 aromatic rings. The Balaban J connectivity index is 1.80. The molecule has 0 fully saturated rings. The van der Waals surface area contributed by atoms with E-state index in [1.54, 1.807) is 37.4 Å². The molecule has 0 spiro atoms. The zero-order valence-electron chi connectivity index (χ0n) is 15.3. The maximum atomic E-state index is 12.4. The van der Waals surface area contributed by atoms with Crippen LogP contribution in [0, 0.1) is 0 Å². The summed E-state index contributed by atoms with van der Waals surface area (Å²) < 4.78 is 10.4. The number of H-pyrrole nitrogens is 1. The monoisotopic (exact) mass is 378 g/mol. The lowest BCUT2D eigenvalue weighted by atomic mass is 10.1. The predicted octanol–water partition coefficient (Wildman–Crippen LogP) is 2.22. The summed E-state index contributed by atoms with van der Waals surface area (Å²) in [6, 6.07) is 15.8. The maximum Gasteiger partial charge on any atom is 0.346 e. The fourth-order valence-corrected chi connectivity index (χ4v) is 2.50. The second-order valence-corrected chi connectivity index (χ2v) is 5.66. The van der Waals surface area contributed by atoms with Crippen molar-refractivity contribution >= 4 is 12.1 Å². The predicted molar refractivity (Wildman–Crippen MR) is 105 cm³/mol. The quantitative estimate of drug-likeness (QED) is 0.505. The smallest absolute Gasteiger partial charge is 0.346 e. The van der Waals surface area contributed by atoms with E-state index in [2.05, 4.69) is 20.5 Å². The van der Waals surface area contributed by atoms with Crippen LogP contribution in [0.25, 0.3) is 11.3 Å². The number of rotatable bonds is 6. The van der Waals surface area contributed by atoms with E-state index in [-0.39, 0.29) is 5.69 Å². The normalized spacial score (nSPS) is 10.6. The van der Waals surface area contributed by atoms with Gasteiger partial charge in [-0.2, -0.15) is 10.1 Å². The van der Waals surface area contributed by atoms with Crippen LogP contribution in [-0.4, -0.2) is 36.3 Å². The zero-order chi connectivity index (χ0) is 19.9. The topological polar surface area (TPSA) is 106 Å². The first-order chi connectivity index (χ1) is 13.6. The Morgan fingerprint density at radius 2 is 1.89 bits per heavy atom. The average Bonchev–Trinajstić information content (AvgIpc) is 2.73. The van der Waals surface area contributed by atoms with Gasteiger partial charge in [0, 0.05) is 11.1 Å². The van der Waals surface area contributed by atoms with Crippen LogP contribution in [0.4, 0.5) is 0 Å². The molecule has 8 nitrogen and oxygen atoms in total. The molecule has 0 unspecified atom stereocenters. The summed E-state index contributed by atoms with van der Waals surface area (Å²) in [5.74, 6) is 0.622. The molecule has 3 rings (SSSR count). The minimum absolute atomic E-state index is 0.0496. The van der Waals surface area contributed by atoms with Crippen LogP contribution in [0.5, 0.6) is 11.5 Å². The van der Waals surface area contributed by atoms with Crippen molar-refractivity contribution in [3.63, 3.8) is 0 Å². The maximum absolute atomic E-state index is 12.4. The second kappa shape index (κ2) is 8.63. The van der Waals surface area contributed by atoms with Crippen LogP contribution >= 0.6 is 0 Å². The number of hydrazone groups is 1. The third-order valence-corrected chi connectivity index (χ3v) is 3.87. The van der Waals surface area contributed by atoms with Gasteiger partial charge < -0.3 is 14.5 Å². The van der Waals surface area contributed by atoms with Gasteiger partial charge in [-0.15, -0.1) is 0 Å². The van der Waals surface area contributed by atoms with Gasteiger partial charge in [0.25, 0.3) is 5.91 Å². The van der Waals surface area contributed by atoms with Crippen LogP contribution in [0.2, 0.25) is 0 Å². The van der Waals surface area contributed by atoms with Gasteiger partial charge >= 0.3 is 5.69 Å². The number of hydrogen-bond donors (Lipinski definition) is 2. The van der Waals surface area contributed by atoms with E-state index in [0.717, 1.165) is 5.56 Å². The Bertz CT molecular complexity index is 1060. The third kappa shape index (κ3) is 4.42. The highest BCUT2D eigenvalue weighted by Gasteiger charge is 2.10. The van der Waals surface area contributed by atoms with Gasteiger partial charge in [0.05, 0.1) is 26.1 Å². The molecule has 0 aliphatic rings. The van der Waals surface area contributed by atoms with E-state index in [1.165, 1.54) is 19.4 Å². The number of aromatic amines is 1. The van der Waals surface area contributed by atoms with Gasteiger partial charge in [-0.05, 0) is 24.3 Å². The Kier molecular flexibility index (Phi) is 5.81. The molecule has 1 heterocycles.